The molecule has 160 valence electrons. The van der Waals surface area contributed by atoms with Crippen molar-refractivity contribution in [2.75, 3.05) is 18.5 Å². The highest BCUT2D eigenvalue weighted by molar-refractivity contribution is 7.89. The molecule has 31 heavy (non-hydrogen) atoms. The third-order valence-corrected chi connectivity index (χ3v) is 5.98. The van der Waals surface area contributed by atoms with E-state index in [0.29, 0.717) is 36.1 Å². The van der Waals surface area contributed by atoms with Crippen LogP contribution in [0.4, 0.5) is 5.69 Å². The van der Waals surface area contributed by atoms with Gasteiger partial charge in [-0.3, -0.25) is 9.78 Å². The molecule has 1 aliphatic rings. The van der Waals surface area contributed by atoms with Gasteiger partial charge in [-0.05, 0) is 42.5 Å². The van der Waals surface area contributed by atoms with Crippen LogP contribution in [0.25, 0.3) is 0 Å². The van der Waals surface area contributed by atoms with Crippen LogP contribution in [-0.4, -0.2) is 32.5 Å². The van der Waals surface area contributed by atoms with Crippen LogP contribution in [0.2, 0.25) is 0 Å². The zero-order valence-electron chi connectivity index (χ0n) is 16.6. The summed E-state index contributed by atoms with van der Waals surface area (Å²) in [6.07, 6.45) is 2.38. The fourth-order valence-corrected chi connectivity index (χ4v) is 4.05. The highest BCUT2D eigenvalue weighted by Crippen LogP contribution is 2.32. The van der Waals surface area contributed by atoms with Gasteiger partial charge in [0, 0.05) is 29.9 Å². The molecule has 1 aliphatic heterocycles. The molecule has 0 unspecified atom stereocenters. The Labute approximate surface area is 180 Å². The van der Waals surface area contributed by atoms with Crippen molar-refractivity contribution in [1.29, 1.82) is 0 Å². The van der Waals surface area contributed by atoms with E-state index in [2.05, 4.69) is 15.0 Å². The van der Waals surface area contributed by atoms with Crippen molar-refractivity contribution in [3.8, 4) is 11.5 Å². The third kappa shape index (κ3) is 5.19. The Hall–Kier alpha value is -3.43. The number of anilines is 1. The van der Waals surface area contributed by atoms with Crippen LogP contribution in [0, 0.1) is 0 Å². The summed E-state index contributed by atoms with van der Waals surface area (Å²) in [5, 5.41) is 2.77. The summed E-state index contributed by atoms with van der Waals surface area (Å²) in [6, 6.07) is 16.2. The molecule has 3 aromatic rings. The summed E-state index contributed by atoms with van der Waals surface area (Å²) in [6.45, 7) is 1.17. The lowest BCUT2D eigenvalue weighted by molar-refractivity contribution is 0.102. The molecule has 8 nitrogen and oxygen atoms in total. The first-order chi connectivity index (χ1) is 15.0. The first kappa shape index (κ1) is 20.8. The second-order valence-electron chi connectivity index (χ2n) is 6.84. The van der Waals surface area contributed by atoms with Gasteiger partial charge < -0.3 is 14.8 Å². The van der Waals surface area contributed by atoms with E-state index < -0.39 is 15.9 Å². The average Bonchev–Trinajstić information content (AvgIpc) is 3.04. The summed E-state index contributed by atoms with van der Waals surface area (Å²) in [7, 11) is -3.81. The predicted molar refractivity (Wildman–Crippen MR) is 115 cm³/mol. The summed E-state index contributed by atoms with van der Waals surface area (Å²) >= 11 is 0. The summed E-state index contributed by atoms with van der Waals surface area (Å²) < 4.78 is 39.0. The average molecular weight is 439 g/mol. The van der Waals surface area contributed by atoms with E-state index in [1.807, 2.05) is 0 Å². The van der Waals surface area contributed by atoms with Gasteiger partial charge in [0.2, 0.25) is 10.0 Å². The van der Waals surface area contributed by atoms with Crippen LogP contribution < -0.4 is 19.5 Å². The topological polar surface area (TPSA) is 107 Å². The van der Waals surface area contributed by atoms with E-state index >= 15 is 0 Å². The Morgan fingerprint density at radius 3 is 2.61 bits per heavy atom. The molecule has 0 saturated carbocycles. The van der Waals surface area contributed by atoms with Crippen LogP contribution >= 0.6 is 0 Å². The lowest BCUT2D eigenvalue weighted by Crippen LogP contribution is -2.24. The molecule has 0 spiro atoms. The van der Waals surface area contributed by atoms with E-state index in [4.69, 9.17) is 9.47 Å². The summed E-state index contributed by atoms with van der Waals surface area (Å²) in [5.41, 5.74) is 1.33. The Morgan fingerprint density at radius 1 is 0.968 bits per heavy atom. The van der Waals surface area contributed by atoms with Gasteiger partial charge in [-0.2, -0.15) is 0 Å². The number of carbonyl (C=O) groups excluding carboxylic acids is 1. The fraction of sp³-hybridized carbons (Fsp3) is 0.182. The molecule has 2 heterocycles. The van der Waals surface area contributed by atoms with Crippen LogP contribution in [0.5, 0.6) is 11.5 Å². The fourth-order valence-electron chi connectivity index (χ4n) is 3.00. The van der Waals surface area contributed by atoms with E-state index in [0.717, 1.165) is 6.42 Å². The number of rotatable bonds is 6. The zero-order chi connectivity index (χ0) is 21.7. The molecule has 0 bridgehead atoms. The molecule has 0 aliphatic carbocycles. The largest absolute Gasteiger partial charge is 0.490 e. The van der Waals surface area contributed by atoms with Crippen molar-refractivity contribution in [2.45, 2.75) is 17.9 Å². The van der Waals surface area contributed by atoms with Gasteiger partial charge in [-0.15, -0.1) is 0 Å². The molecule has 1 aromatic heterocycles. The Balaban J connectivity index is 1.47. The maximum atomic E-state index is 12.7. The second kappa shape index (κ2) is 9.15. The van der Waals surface area contributed by atoms with Crippen LogP contribution in [0.3, 0.4) is 0 Å². The number of benzene rings is 2. The van der Waals surface area contributed by atoms with Gasteiger partial charge in [0.1, 0.15) is 0 Å². The molecule has 0 saturated heterocycles. The van der Waals surface area contributed by atoms with Gasteiger partial charge >= 0.3 is 0 Å². The monoisotopic (exact) mass is 439 g/mol. The quantitative estimate of drug-likeness (QED) is 0.612. The number of hydrogen-bond donors (Lipinski definition) is 2. The second-order valence-corrected chi connectivity index (χ2v) is 8.61. The van der Waals surface area contributed by atoms with Crippen molar-refractivity contribution in [3.63, 3.8) is 0 Å². The highest BCUT2D eigenvalue weighted by Gasteiger charge is 2.17. The SMILES string of the molecule is O=C(Nc1ccc2c(c1)OCCCO2)c1cccc(S(=O)(=O)NCc2ccccn2)c1. The molecule has 0 radical (unpaired) electrons. The smallest absolute Gasteiger partial charge is 0.255 e. The molecule has 1 amide bonds. The number of sulfonamides is 1. The van der Waals surface area contributed by atoms with E-state index in [9.17, 15) is 13.2 Å². The highest BCUT2D eigenvalue weighted by atomic mass is 32.2. The minimum Gasteiger partial charge on any atom is -0.490 e. The number of nitrogens with one attached hydrogen (secondary N) is 2. The molecule has 0 atom stereocenters. The molecule has 9 heteroatoms. The van der Waals surface area contributed by atoms with Crippen molar-refractivity contribution in [1.82, 2.24) is 9.71 Å². The Morgan fingerprint density at radius 2 is 1.81 bits per heavy atom. The van der Waals surface area contributed by atoms with Gasteiger partial charge in [-0.25, -0.2) is 13.1 Å². The lowest BCUT2D eigenvalue weighted by atomic mass is 10.2. The van der Waals surface area contributed by atoms with E-state index in [1.54, 1.807) is 48.7 Å². The Bertz CT molecular complexity index is 1180. The molecular weight excluding hydrogens is 418 g/mol. The number of ether oxygens (including phenoxy) is 2. The first-order valence-electron chi connectivity index (χ1n) is 9.72. The van der Waals surface area contributed by atoms with Gasteiger partial charge in [0.25, 0.3) is 5.91 Å². The lowest BCUT2D eigenvalue weighted by Gasteiger charge is -2.11. The third-order valence-electron chi connectivity index (χ3n) is 4.58. The van der Waals surface area contributed by atoms with Crippen LogP contribution in [0.1, 0.15) is 22.5 Å². The molecule has 2 N–H and O–H groups in total. The van der Waals surface area contributed by atoms with Crippen molar-refractivity contribution in [3.05, 3.63) is 78.1 Å². The van der Waals surface area contributed by atoms with Crippen LogP contribution in [-0.2, 0) is 16.6 Å². The van der Waals surface area contributed by atoms with E-state index in [1.165, 1.54) is 18.2 Å². The number of nitrogens with zero attached hydrogens (tertiary/aromatic N) is 1. The number of amides is 1. The molecule has 0 fully saturated rings. The number of carbonyl (C=O) groups is 1. The van der Waals surface area contributed by atoms with Crippen molar-refractivity contribution >= 4 is 21.6 Å². The number of aromatic nitrogens is 1. The van der Waals surface area contributed by atoms with Crippen molar-refractivity contribution in [2.24, 2.45) is 0 Å². The normalized spacial score (nSPS) is 13.3. The number of fused-ring (bicyclic) bond motifs is 1. The zero-order valence-corrected chi connectivity index (χ0v) is 17.4. The van der Waals surface area contributed by atoms with Gasteiger partial charge in [-0.1, -0.05) is 12.1 Å². The molecule has 2 aromatic carbocycles. The predicted octanol–water partition coefficient (Wildman–Crippen LogP) is 2.97. The summed E-state index contributed by atoms with van der Waals surface area (Å²) in [5.74, 6) is 0.754. The number of pyridine rings is 1. The number of hydrogen-bond acceptors (Lipinski definition) is 6. The van der Waals surface area contributed by atoms with Gasteiger partial charge in [0.05, 0.1) is 30.3 Å². The standard InChI is InChI=1S/C22H21N3O5S/c26-22(25-17-8-9-20-21(14-17)30-12-4-11-29-20)16-5-3-7-19(13-16)31(27,28)24-15-18-6-1-2-10-23-18/h1-3,5-10,13-14,24H,4,11-12,15H2,(H,25,26). The maximum Gasteiger partial charge on any atom is 0.255 e. The molecular formula is C22H21N3O5S. The van der Waals surface area contributed by atoms with Crippen molar-refractivity contribution < 1.29 is 22.7 Å². The summed E-state index contributed by atoms with van der Waals surface area (Å²) in [4.78, 5) is 16.8. The van der Waals surface area contributed by atoms with Crippen LogP contribution in [0.15, 0.2) is 71.8 Å². The minimum atomic E-state index is -3.81. The molecule has 4 rings (SSSR count). The maximum absolute atomic E-state index is 12.7. The Kier molecular flexibility index (Phi) is 6.15. The minimum absolute atomic E-state index is 0.00487. The first-order valence-corrected chi connectivity index (χ1v) is 11.2. The van der Waals surface area contributed by atoms with E-state index in [-0.39, 0.29) is 17.0 Å². The van der Waals surface area contributed by atoms with Gasteiger partial charge in [0.15, 0.2) is 11.5 Å².